The molecule has 35 heavy (non-hydrogen) atoms. The topological polar surface area (TPSA) is 89.6 Å². The fourth-order valence-electron chi connectivity index (χ4n) is 4.69. The lowest BCUT2D eigenvalue weighted by molar-refractivity contribution is 0.337. The molecule has 4 aromatic rings. The standard InChI is InChI=1S/C26H35N9/c1-17-7-8-20(26(3,4)5)13-21(17)28-24-22-23(27-16-33(22)6)29-25(30-24)34-11-9-19(10-12-34)15-35-14-18(2)31-32-35/h7-8,13-14,16,19H,9-12,15H2,1-6H3,(H,28,29,30). The van der Waals surface area contributed by atoms with E-state index in [1.54, 1.807) is 6.33 Å². The van der Waals surface area contributed by atoms with Crippen LogP contribution in [0.5, 0.6) is 0 Å². The second-order valence-corrected chi connectivity index (χ2v) is 10.8. The molecular weight excluding hydrogens is 438 g/mol. The van der Waals surface area contributed by atoms with E-state index in [1.807, 2.05) is 29.4 Å². The summed E-state index contributed by atoms with van der Waals surface area (Å²) in [6, 6.07) is 6.61. The van der Waals surface area contributed by atoms with Gasteiger partial charge in [-0.15, -0.1) is 5.10 Å². The van der Waals surface area contributed by atoms with Crippen LogP contribution in [-0.2, 0) is 19.0 Å². The first-order chi connectivity index (χ1) is 16.7. The smallest absolute Gasteiger partial charge is 0.229 e. The van der Waals surface area contributed by atoms with E-state index in [1.165, 1.54) is 11.1 Å². The maximum atomic E-state index is 5.01. The van der Waals surface area contributed by atoms with E-state index in [0.29, 0.717) is 11.6 Å². The first-order valence-electron chi connectivity index (χ1n) is 12.4. The number of aryl methyl sites for hydroxylation is 3. The zero-order valence-electron chi connectivity index (χ0n) is 21.6. The third-order valence-electron chi connectivity index (χ3n) is 6.91. The number of anilines is 3. The highest BCUT2D eigenvalue weighted by atomic mass is 15.4. The number of rotatable bonds is 5. The molecule has 1 saturated heterocycles. The molecular formula is C26H35N9. The molecule has 0 atom stereocenters. The van der Waals surface area contributed by atoms with E-state index >= 15 is 0 Å². The molecule has 9 heteroatoms. The van der Waals surface area contributed by atoms with E-state index in [9.17, 15) is 0 Å². The highest BCUT2D eigenvalue weighted by Crippen LogP contribution is 2.32. The van der Waals surface area contributed by atoms with Crippen LogP contribution in [0.3, 0.4) is 0 Å². The molecule has 5 rings (SSSR count). The average molecular weight is 474 g/mol. The van der Waals surface area contributed by atoms with Gasteiger partial charge in [-0.2, -0.15) is 9.97 Å². The predicted molar refractivity (Wildman–Crippen MR) is 139 cm³/mol. The van der Waals surface area contributed by atoms with Gasteiger partial charge in [0.2, 0.25) is 5.95 Å². The fourth-order valence-corrected chi connectivity index (χ4v) is 4.69. The number of benzene rings is 1. The second kappa shape index (κ2) is 8.94. The van der Waals surface area contributed by atoms with Gasteiger partial charge in [-0.1, -0.05) is 38.1 Å². The van der Waals surface area contributed by atoms with Crippen molar-refractivity contribution in [2.45, 2.75) is 59.4 Å². The SMILES string of the molecule is Cc1cn(CC2CCN(c3nc(Nc4cc(C(C)(C)C)ccc4C)c4c(ncn4C)n3)CC2)nn1. The molecule has 0 saturated carbocycles. The van der Waals surface area contributed by atoms with Gasteiger partial charge in [-0.25, -0.2) is 4.98 Å². The Labute approximate surface area is 206 Å². The molecule has 0 radical (unpaired) electrons. The van der Waals surface area contributed by atoms with E-state index in [4.69, 9.17) is 9.97 Å². The lowest BCUT2D eigenvalue weighted by Gasteiger charge is -2.32. The highest BCUT2D eigenvalue weighted by molar-refractivity contribution is 5.87. The van der Waals surface area contributed by atoms with Crippen molar-refractivity contribution >= 4 is 28.6 Å². The summed E-state index contributed by atoms with van der Waals surface area (Å²) in [5.41, 5.74) is 6.17. The highest BCUT2D eigenvalue weighted by Gasteiger charge is 2.24. The van der Waals surface area contributed by atoms with Crippen molar-refractivity contribution in [3.8, 4) is 0 Å². The molecule has 4 heterocycles. The van der Waals surface area contributed by atoms with Crippen LogP contribution in [0.2, 0.25) is 0 Å². The number of hydrogen-bond acceptors (Lipinski definition) is 7. The molecule has 0 bridgehead atoms. The first-order valence-corrected chi connectivity index (χ1v) is 12.4. The van der Waals surface area contributed by atoms with Crippen LogP contribution in [-0.4, -0.2) is 47.6 Å². The zero-order chi connectivity index (χ0) is 24.7. The summed E-state index contributed by atoms with van der Waals surface area (Å²) >= 11 is 0. The number of hydrogen-bond donors (Lipinski definition) is 1. The lowest BCUT2D eigenvalue weighted by atomic mass is 9.86. The third kappa shape index (κ3) is 4.85. The summed E-state index contributed by atoms with van der Waals surface area (Å²) in [4.78, 5) is 16.7. The van der Waals surface area contributed by atoms with E-state index in [2.05, 4.69) is 71.4 Å². The van der Waals surface area contributed by atoms with Crippen molar-refractivity contribution in [3.63, 3.8) is 0 Å². The summed E-state index contributed by atoms with van der Waals surface area (Å²) in [6.07, 6.45) is 5.95. The monoisotopic (exact) mass is 473 g/mol. The van der Waals surface area contributed by atoms with Crippen molar-refractivity contribution in [1.82, 2.24) is 34.5 Å². The van der Waals surface area contributed by atoms with Gasteiger partial charge in [-0.3, -0.25) is 4.68 Å². The number of piperidine rings is 1. The Morgan fingerprint density at radius 1 is 1.09 bits per heavy atom. The van der Waals surface area contributed by atoms with E-state index in [-0.39, 0.29) is 5.41 Å². The molecule has 1 N–H and O–H groups in total. The molecule has 3 aromatic heterocycles. The summed E-state index contributed by atoms with van der Waals surface area (Å²) < 4.78 is 3.94. The van der Waals surface area contributed by atoms with Crippen molar-refractivity contribution < 1.29 is 0 Å². The maximum Gasteiger partial charge on any atom is 0.229 e. The Hall–Kier alpha value is -3.49. The Kier molecular flexibility index (Phi) is 5.94. The normalized spacial score (nSPS) is 15.2. The molecule has 0 spiro atoms. The summed E-state index contributed by atoms with van der Waals surface area (Å²) in [6.45, 7) is 13.5. The van der Waals surface area contributed by atoms with Gasteiger partial charge >= 0.3 is 0 Å². The lowest BCUT2D eigenvalue weighted by Crippen LogP contribution is -2.36. The van der Waals surface area contributed by atoms with Crippen LogP contribution in [0.1, 0.15) is 50.4 Å². The minimum absolute atomic E-state index is 0.0675. The molecule has 9 nitrogen and oxygen atoms in total. The molecule has 0 amide bonds. The van der Waals surface area contributed by atoms with Crippen molar-refractivity contribution in [3.05, 3.63) is 47.5 Å². The Bertz CT molecular complexity index is 1340. The van der Waals surface area contributed by atoms with Crippen LogP contribution in [0, 0.1) is 19.8 Å². The minimum atomic E-state index is 0.0675. The van der Waals surface area contributed by atoms with Gasteiger partial charge in [0.1, 0.15) is 5.52 Å². The van der Waals surface area contributed by atoms with Crippen LogP contribution < -0.4 is 10.2 Å². The molecule has 1 fully saturated rings. The number of imidazole rings is 1. The maximum absolute atomic E-state index is 5.01. The zero-order valence-corrected chi connectivity index (χ0v) is 21.6. The summed E-state index contributed by atoms with van der Waals surface area (Å²) in [5.74, 6) is 2.10. The van der Waals surface area contributed by atoms with Gasteiger partial charge < -0.3 is 14.8 Å². The quantitative estimate of drug-likeness (QED) is 0.455. The summed E-state index contributed by atoms with van der Waals surface area (Å²) in [5, 5.41) is 11.9. The summed E-state index contributed by atoms with van der Waals surface area (Å²) in [7, 11) is 1.99. The van der Waals surface area contributed by atoms with Gasteiger partial charge in [0, 0.05) is 38.6 Å². The van der Waals surface area contributed by atoms with Crippen molar-refractivity contribution in [1.29, 1.82) is 0 Å². The van der Waals surface area contributed by atoms with Gasteiger partial charge in [0.25, 0.3) is 0 Å². The first kappa shape index (κ1) is 23.3. The van der Waals surface area contributed by atoms with Crippen molar-refractivity contribution in [2.24, 2.45) is 13.0 Å². The molecule has 0 unspecified atom stereocenters. The Morgan fingerprint density at radius 2 is 1.86 bits per heavy atom. The number of aromatic nitrogens is 7. The number of nitrogens with zero attached hydrogens (tertiary/aromatic N) is 8. The molecule has 1 aromatic carbocycles. The number of nitrogens with one attached hydrogen (secondary N) is 1. The van der Waals surface area contributed by atoms with Gasteiger partial charge in [-0.05, 0) is 55.2 Å². The van der Waals surface area contributed by atoms with Crippen LogP contribution >= 0.6 is 0 Å². The van der Waals surface area contributed by atoms with Gasteiger partial charge in [0.05, 0.1) is 12.0 Å². The largest absolute Gasteiger partial charge is 0.341 e. The van der Waals surface area contributed by atoms with Crippen LogP contribution in [0.15, 0.2) is 30.7 Å². The Morgan fingerprint density at radius 3 is 2.54 bits per heavy atom. The van der Waals surface area contributed by atoms with Crippen LogP contribution in [0.4, 0.5) is 17.5 Å². The Balaban J connectivity index is 1.40. The van der Waals surface area contributed by atoms with Crippen molar-refractivity contribution in [2.75, 3.05) is 23.3 Å². The van der Waals surface area contributed by atoms with Gasteiger partial charge in [0.15, 0.2) is 11.5 Å². The second-order valence-electron chi connectivity index (χ2n) is 10.8. The number of fused-ring (bicyclic) bond motifs is 1. The average Bonchev–Trinajstić information content (AvgIpc) is 3.40. The minimum Gasteiger partial charge on any atom is -0.341 e. The molecule has 184 valence electrons. The van der Waals surface area contributed by atoms with Crippen LogP contribution in [0.25, 0.3) is 11.2 Å². The van der Waals surface area contributed by atoms with E-state index < -0.39 is 0 Å². The molecule has 1 aliphatic heterocycles. The molecule has 0 aliphatic carbocycles. The molecule has 1 aliphatic rings. The van der Waals surface area contributed by atoms with E-state index in [0.717, 1.165) is 61.1 Å². The predicted octanol–water partition coefficient (Wildman–Crippen LogP) is 4.53. The fraction of sp³-hybridized carbons (Fsp3) is 0.500. The third-order valence-corrected chi connectivity index (χ3v) is 6.91.